The summed E-state index contributed by atoms with van der Waals surface area (Å²) in [4.78, 5) is 28.6. The molecule has 10 N–H and O–H groups in total. The van der Waals surface area contributed by atoms with Gasteiger partial charge in [0.2, 0.25) is 17.8 Å². The minimum Gasteiger partial charge on any atom is -0.376 e. The number of aliphatic hydroxyl groups is 2. The number of amides is 2. The average molecular weight is 276 g/mol. The summed E-state index contributed by atoms with van der Waals surface area (Å²) >= 11 is 0. The number of nitrogen functional groups attached to an aromatic ring is 3. The standard InChI is InChI=1S/C3H6N6.C3H8N2O3.CH2O/c4-1-7-2(5)9-3(6)8-1;6-1-4-3(8)5-2-7;1-2/h(H6,4,5,6,7,8,9);6-7H,1-2H2,(H2,4,5,8);1H2. The molecule has 0 aromatic carbocycles. The van der Waals surface area contributed by atoms with E-state index in [-0.39, 0.29) is 17.8 Å². The van der Waals surface area contributed by atoms with Gasteiger partial charge in [0.15, 0.2) is 0 Å². The normalized spacial score (nSPS) is 8.11. The number of aliphatic hydroxyl groups excluding tert-OH is 2. The van der Waals surface area contributed by atoms with Gasteiger partial charge < -0.3 is 42.8 Å². The first-order chi connectivity index (χ1) is 8.99. The maximum Gasteiger partial charge on any atom is 0.318 e. The first-order valence-electron chi connectivity index (χ1n) is 4.54. The molecule has 2 amide bonds. The van der Waals surface area contributed by atoms with Crippen molar-refractivity contribution in [2.75, 3.05) is 30.7 Å². The van der Waals surface area contributed by atoms with Gasteiger partial charge in [-0.3, -0.25) is 0 Å². The van der Waals surface area contributed by atoms with Crippen LogP contribution in [0.15, 0.2) is 0 Å². The van der Waals surface area contributed by atoms with Crippen LogP contribution in [0.4, 0.5) is 22.6 Å². The molecular weight excluding hydrogens is 260 g/mol. The molecular formula is C7H16N8O4. The molecule has 19 heavy (non-hydrogen) atoms. The highest BCUT2D eigenvalue weighted by Gasteiger charge is 1.94. The first-order valence-corrected chi connectivity index (χ1v) is 4.54. The third kappa shape index (κ3) is 11.5. The monoisotopic (exact) mass is 276 g/mol. The van der Waals surface area contributed by atoms with E-state index in [1.807, 2.05) is 17.4 Å². The molecule has 0 fully saturated rings. The topological polar surface area (TPSA) is 215 Å². The largest absolute Gasteiger partial charge is 0.376 e. The molecule has 1 aromatic heterocycles. The Labute approximate surface area is 108 Å². The molecule has 0 radical (unpaired) electrons. The maximum absolute atomic E-state index is 10.1. The van der Waals surface area contributed by atoms with Gasteiger partial charge in [-0.05, 0) is 0 Å². The Morgan fingerprint density at radius 2 is 1.21 bits per heavy atom. The van der Waals surface area contributed by atoms with E-state index in [1.54, 1.807) is 0 Å². The number of rotatable bonds is 2. The Kier molecular flexibility index (Phi) is 11.5. The molecule has 108 valence electrons. The minimum atomic E-state index is -0.588. The van der Waals surface area contributed by atoms with E-state index >= 15 is 0 Å². The van der Waals surface area contributed by atoms with Crippen molar-refractivity contribution < 1.29 is 19.8 Å². The summed E-state index contributed by atoms with van der Waals surface area (Å²) in [5.41, 5.74) is 15.4. The number of nitrogens with one attached hydrogen (secondary N) is 2. The number of anilines is 3. The predicted octanol–water partition coefficient (Wildman–Crippen LogP) is -3.38. The average Bonchev–Trinajstić information content (AvgIpc) is 2.31. The smallest absolute Gasteiger partial charge is 0.318 e. The van der Waals surface area contributed by atoms with Crippen molar-refractivity contribution >= 4 is 30.7 Å². The highest BCUT2D eigenvalue weighted by molar-refractivity contribution is 5.73. The summed E-state index contributed by atoms with van der Waals surface area (Å²) in [6.45, 7) is 1.15. The molecule has 1 aromatic rings. The lowest BCUT2D eigenvalue weighted by molar-refractivity contribution is -0.0980. The SMILES string of the molecule is C=O.Nc1nc(N)nc(N)n1.O=C(NCO)NCO. The molecule has 0 atom stereocenters. The highest BCUT2D eigenvalue weighted by Crippen LogP contribution is 1.97. The Hall–Kier alpha value is -2.73. The second kappa shape index (κ2) is 11.7. The maximum atomic E-state index is 10.1. The summed E-state index contributed by atoms with van der Waals surface area (Å²) in [6.07, 6.45) is 0. The van der Waals surface area contributed by atoms with Crippen molar-refractivity contribution in [1.29, 1.82) is 0 Å². The van der Waals surface area contributed by atoms with Crippen LogP contribution in [0.5, 0.6) is 0 Å². The van der Waals surface area contributed by atoms with Crippen LogP contribution in [0.3, 0.4) is 0 Å². The van der Waals surface area contributed by atoms with Crippen molar-refractivity contribution in [1.82, 2.24) is 25.6 Å². The Morgan fingerprint density at radius 3 is 1.42 bits per heavy atom. The van der Waals surface area contributed by atoms with Crippen LogP contribution in [0.1, 0.15) is 0 Å². The van der Waals surface area contributed by atoms with Crippen LogP contribution in [0.25, 0.3) is 0 Å². The zero-order valence-corrected chi connectivity index (χ0v) is 9.91. The first kappa shape index (κ1) is 18.6. The number of hydrogen-bond acceptors (Lipinski definition) is 10. The quantitative estimate of drug-likeness (QED) is 0.266. The van der Waals surface area contributed by atoms with Gasteiger partial charge in [0.05, 0.1) is 0 Å². The second-order valence-corrected chi connectivity index (χ2v) is 2.41. The molecule has 0 aliphatic carbocycles. The van der Waals surface area contributed by atoms with Crippen molar-refractivity contribution in [3.05, 3.63) is 0 Å². The fraction of sp³-hybridized carbons (Fsp3) is 0.286. The van der Waals surface area contributed by atoms with E-state index in [2.05, 4.69) is 15.0 Å². The molecule has 0 unspecified atom stereocenters. The molecule has 0 bridgehead atoms. The summed E-state index contributed by atoms with van der Waals surface area (Å²) in [5.74, 6) is 0.125. The zero-order valence-electron chi connectivity index (χ0n) is 9.91. The number of nitrogens with zero attached hydrogens (tertiary/aromatic N) is 3. The lowest BCUT2D eigenvalue weighted by Gasteiger charge is -1.98. The van der Waals surface area contributed by atoms with Crippen LogP contribution < -0.4 is 27.8 Å². The number of carbonyl (C=O) groups excluding carboxylic acids is 2. The molecule has 1 rings (SSSR count). The lowest BCUT2D eigenvalue weighted by atomic mass is 10.9. The van der Waals surface area contributed by atoms with Crippen molar-refractivity contribution in [2.24, 2.45) is 0 Å². The highest BCUT2D eigenvalue weighted by atomic mass is 16.3. The number of hydrogen-bond donors (Lipinski definition) is 7. The van der Waals surface area contributed by atoms with Crippen LogP contribution in [0, 0.1) is 0 Å². The van der Waals surface area contributed by atoms with Crippen molar-refractivity contribution in [3.8, 4) is 0 Å². The number of carbonyl (C=O) groups is 2. The van der Waals surface area contributed by atoms with E-state index in [9.17, 15) is 4.79 Å². The van der Waals surface area contributed by atoms with Crippen molar-refractivity contribution in [2.45, 2.75) is 0 Å². The predicted molar refractivity (Wildman–Crippen MR) is 66.0 cm³/mol. The van der Waals surface area contributed by atoms with E-state index in [0.29, 0.717) is 0 Å². The Morgan fingerprint density at radius 1 is 0.947 bits per heavy atom. The molecule has 12 heteroatoms. The van der Waals surface area contributed by atoms with Gasteiger partial charge in [-0.25, -0.2) is 4.79 Å². The Balaban J connectivity index is 0. The lowest BCUT2D eigenvalue weighted by Crippen LogP contribution is -2.36. The summed E-state index contributed by atoms with van der Waals surface area (Å²) in [6, 6.07) is -0.588. The fourth-order valence-corrected chi connectivity index (χ4v) is 0.633. The Bertz CT molecular complexity index is 318. The molecule has 12 nitrogen and oxygen atoms in total. The van der Waals surface area contributed by atoms with Crippen LogP contribution in [-0.2, 0) is 4.79 Å². The van der Waals surface area contributed by atoms with Gasteiger partial charge in [0.25, 0.3) is 0 Å². The summed E-state index contributed by atoms with van der Waals surface area (Å²) in [7, 11) is 0. The molecule has 0 saturated heterocycles. The van der Waals surface area contributed by atoms with Gasteiger partial charge in [-0.2, -0.15) is 15.0 Å². The zero-order chi connectivity index (χ0) is 15.3. The van der Waals surface area contributed by atoms with Crippen molar-refractivity contribution in [3.63, 3.8) is 0 Å². The summed E-state index contributed by atoms with van der Waals surface area (Å²) < 4.78 is 0. The van der Waals surface area contributed by atoms with E-state index in [1.165, 1.54) is 0 Å². The third-order valence-corrected chi connectivity index (χ3v) is 1.17. The van der Waals surface area contributed by atoms with Crippen LogP contribution >= 0.6 is 0 Å². The van der Waals surface area contributed by atoms with Gasteiger partial charge in [0, 0.05) is 0 Å². The van der Waals surface area contributed by atoms with E-state index in [0.717, 1.165) is 0 Å². The second-order valence-electron chi connectivity index (χ2n) is 2.41. The van der Waals surface area contributed by atoms with Gasteiger partial charge in [-0.1, -0.05) is 0 Å². The minimum absolute atomic E-state index is 0.0417. The molecule has 0 saturated carbocycles. The third-order valence-electron chi connectivity index (χ3n) is 1.17. The van der Waals surface area contributed by atoms with E-state index < -0.39 is 19.5 Å². The van der Waals surface area contributed by atoms with Crippen LogP contribution in [0.2, 0.25) is 0 Å². The van der Waals surface area contributed by atoms with Crippen LogP contribution in [-0.4, -0.2) is 51.4 Å². The molecule has 1 heterocycles. The fourth-order valence-electron chi connectivity index (χ4n) is 0.633. The van der Waals surface area contributed by atoms with E-state index in [4.69, 9.17) is 32.2 Å². The molecule has 0 aliphatic heterocycles. The molecule has 0 aliphatic rings. The number of nitrogens with two attached hydrogens (primary N) is 3. The number of aromatic nitrogens is 3. The van der Waals surface area contributed by atoms with Gasteiger partial charge in [-0.15, -0.1) is 0 Å². The van der Waals surface area contributed by atoms with Gasteiger partial charge in [0.1, 0.15) is 20.3 Å². The number of urea groups is 1. The molecule has 0 spiro atoms. The summed E-state index contributed by atoms with van der Waals surface area (Å²) in [5, 5.41) is 20.0. The van der Waals surface area contributed by atoms with Gasteiger partial charge >= 0.3 is 6.03 Å².